The van der Waals surface area contributed by atoms with Crippen molar-refractivity contribution in [1.82, 2.24) is 19.9 Å². The summed E-state index contributed by atoms with van der Waals surface area (Å²) >= 11 is 0. The molecule has 3 aromatic rings. The number of fused-ring (bicyclic) bond motifs is 1. The number of nitrogens with two attached hydrogens (primary N) is 1. The van der Waals surface area contributed by atoms with E-state index < -0.39 is 0 Å². The lowest BCUT2D eigenvalue weighted by atomic mass is 10.4. The first-order valence-corrected chi connectivity index (χ1v) is 4.72. The van der Waals surface area contributed by atoms with Crippen molar-refractivity contribution in [2.45, 2.75) is 0 Å². The van der Waals surface area contributed by atoms with Crippen molar-refractivity contribution in [3.63, 3.8) is 0 Å². The van der Waals surface area contributed by atoms with Crippen molar-refractivity contribution >= 4 is 17.1 Å². The van der Waals surface area contributed by atoms with E-state index in [0.717, 1.165) is 0 Å². The molecular weight excluding hydrogens is 204 g/mol. The summed E-state index contributed by atoms with van der Waals surface area (Å²) in [5.74, 6) is 0.833. The van der Waals surface area contributed by atoms with E-state index in [-0.39, 0.29) is 5.95 Å². The molecule has 0 bridgehead atoms. The minimum absolute atomic E-state index is 0.194. The second-order valence-corrected chi connectivity index (χ2v) is 3.23. The largest absolute Gasteiger partial charge is 0.365 e. The van der Waals surface area contributed by atoms with Crippen LogP contribution in [0, 0.1) is 0 Å². The zero-order valence-corrected chi connectivity index (χ0v) is 8.28. The summed E-state index contributed by atoms with van der Waals surface area (Å²) in [6.07, 6.45) is 5.19. The van der Waals surface area contributed by atoms with Gasteiger partial charge in [0.05, 0.1) is 12.4 Å². The zero-order valence-electron chi connectivity index (χ0n) is 8.28. The molecule has 0 saturated heterocycles. The van der Waals surface area contributed by atoms with Gasteiger partial charge in [-0.2, -0.15) is 0 Å². The van der Waals surface area contributed by atoms with Crippen LogP contribution in [0.4, 0.5) is 5.95 Å². The number of imidazole rings is 1. The van der Waals surface area contributed by atoms with Gasteiger partial charge in [-0.15, -0.1) is 0 Å². The van der Waals surface area contributed by atoms with Gasteiger partial charge in [0, 0.05) is 5.65 Å². The lowest BCUT2D eigenvalue weighted by Gasteiger charge is -2.00. The van der Waals surface area contributed by atoms with Crippen LogP contribution in [0.25, 0.3) is 17.0 Å². The zero-order chi connectivity index (χ0) is 11.0. The van der Waals surface area contributed by atoms with Gasteiger partial charge in [0.2, 0.25) is 0 Å². The first kappa shape index (κ1) is 8.78. The van der Waals surface area contributed by atoms with Gasteiger partial charge in [-0.25, -0.2) is 4.57 Å². The fraction of sp³-hybridized carbons (Fsp3) is 0. The van der Waals surface area contributed by atoms with E-state index in [0.29, 0.717) is 17.0 Å². The predicted octanol–water partition coefficient (Wildman–Crippen LogP) is -0.159. The predicted molar refractivity (Wildman–Crippen MR) is 56.6 cm³/mol. The summed E-state index contributed by atoms with van der Waals surface area (Å²) in [7, 11) is 0. The highest BCUT2D eigenvalue weighted by Gasteiger charge is 2.12. The minimum Gasteiger partial charge on any atom is -0.365 e. The number of hydrogen-bond donors (Lipinski definition) is 1. The monoisotopic (exact) mass is 212 g/mol. The Morgan fingerprint density at radius 2 is 1.94 bits per heavy atom. The first-order valence-electron chi connectivity index (χ1n) is 4.72. The third kappa shape index (κ3) is 1.28. The molecule has 0 unspecified atom stereocenters. The molecule has 78 valence electrons. The fourth-order valence-electron chi connectivity index (χ4n) is 1.51. The van der Waals surface area contributed by atoms with Crippen LogP contribution in [-0.4, -0.2) is 15.0 Å². The SMILES string of the molecule is Nc1nc(-[n+]2ccccc2)c2nc[n-]c2n1. The van der Waals surface area contributed by atoms with Gasteiger partial charge < -0.3 is 20.7 Å². The fourth-order valence-corrected chi connectivity index (χ4v) is 1.51. The smallest absolute Gasteiger partial charge is 0.341 e. The number of aromatic nitrogens is 5. The summed E-state index contributed by atoms with van der Waals surface area (Å²) in [4.78, 5) is 16.3. The summed E-state index contributed by atoms with van der Waals surface area (Å²) in [5, 5.41) is 0. The number of nitrogens with zero attached hydrogens (tertiary/aromatic N) is 5. The lowest BCUT2D eigenvalue weighted by Crippen LogP contribution is -2.31. The van der Waals surface area contributed by atoms with Gasteiger partial charge in [-0.3, -0.25) is 0 Å². The number of nitrogen functional groups attached to an aromatic ring is 1. The van der Waals surface area contributed by atoms with E-state index in [9.17, 15) is 0 Å². The van der Waals surface area contributed by atoms with Crippen molar-refractivity contribution in [3.8, 4) is 5.82 Å². The van der Waals surface area contributed by atoms with E-state index in [2.05, 4.69) is 19.9 Å². The number of rotatable bonds is 1. The highest BCUT2D eigenvalue weighted by Crippen LogP contribution is 2.10. The van der Waals surface area contributed by atoms with Crippen molar-refractivity contribution < 1.29 is 4.57 Å². The van der Waals surface area contributed by atoms with E-state index in [1.54, 1.807) is 0 Å². The summed E-state index contributed by atoms with van der Waals surface area (Å²) in [6.45, 7) is 0. The normalized spacial score (nSPS) is 10.8. The molecule has 0 fully saturated rings. The molecule has 0 saturated carbocycles. The third-order valence-electron chi connectivity index (χ3n) is 2.19. The van der Waals surface area contributed by atoms with Crippen LogP contribution < -0.4 is 15.3 Å². The standard InChI is InChI=1S/C10H8N6/c11-10-14-8-7(12-6-13-8)9(15-10)16-4-2-1-3-5-16/h1-6H,(H2-,11,12,13,14,15). The molecule has 0 amide bonds. The number of anilines is 1. The molecule has 6 nitrogen and oxygen atoms in total. The minimum atomic E-state index is 0.194. The molecule has 3 aromatic heterocycles. The molecule has 3 heterocycles. The molecule has 0 aliphatic heterocycles. The molecular formula is C10H8N6. The Morgan fingerprint density at radius 3 is 2.75 bits per heavy atom. The van der Waals surface area contributed by atoms with Gasteiger partial charge in [-0.1, -0.05) is 6.07 Å². The Balaban J connectivity index is 2.34. The Bertz CT molecular complexity index is 630. The van der Waals surface area contributed by atoms with Crippen LogP contribution in [0.2, 0.25) is 0 Å². The van der Waals surface area contributed by atoms with Crippen LogP contribution >= 0.6 is 0 Å². The maximum absolute atomic E-state index is 5.62. The van der Waals surface area contributed by atoms with Crippen LogP contribution in [0.15, 0.2) is 36.9 Å². The molecule has 0 atom stereocenters. The summed E-state index contributed by atoms with van der Waals surface area (Å²) in [6, 6.07) is 5.73. The van der Waals surface area contributed by atoms with E-state index in [4.69, 9.17) is 5.73 Å². The molecule has 3 rings (SSSR count). The van der Waals surface area contributed by atoms with Crippen LogP contribution in [0.5, 0.6) is 0 Å². The highest BCUT2D eigenvalue weighted by molar-refractivity contribution is 5.76. The third-order valence-corrected chi connectivity index (χ3v) is 2.19. The van der Waals surface area contributed by atoms with E-state index in [1.807, 2.05) is 35.2 Å². The second-order valence-electron chi connectivity index (χ2n) is 3.23. The van der Waals surface area contributed by atoms with Gasteiger partial charge >= 0.3 is 5.82 Å². The van der Waals surface area contributed by atoms with Gasteiger partial charge in [0.1, 0.15) is 5.52 Å². The molecule has 0 aromatic carbocycles. The van der Waals surface area contributed by atoms with Crippen LogP contribution in [-0.2, 0) is 0 Å². The topological polar surface area (TPSA) is 82.7 Å². The maximum atomic E-state index is 5.62. The second kappa shape index (κ2) is 3.27. The number of pyridine rings is 1. The maximum Gasteiger partial charge on any atom is 0.341 e. The molecule has 0 spiro atoms. The molecule has 0 aliphatic carbocycles. The average molecular weight is 212 g/mol. The first-order chi connectivity index (χ1) is 7.84. The van der Waals surface area contributed by atoms with Crippen molar-refractivity contribution in [1.29, 1.82) is 0 Å². The van der Waals surface area contributed by atoms with Gasteiger partial charge in [-0.05, 0) is 23.4 Å². The Hall–Kier alpha value is -2.50. The summed E-state index contributed by atoms with van der Waals surface area (Å²) in [5.41, 5.74) is 6.77. The molecule has 6 heteroatoms. The van der Waals surface area contributed by atoms with E-state index in [1.165, 1.54) is 6.33 Å². The van der Waals surface area contributed by atoms with Crippen molar-refractivity contribution in [2.24, 2.45) is 0 Å². The van der Waals surface area contributed by atoms with Gasteiger partial charge in [0.15, 0.2) is 0 Å². The van der Waals surface area contributed by atoms with Crippen LogP contribution in [0.1, 0.15) is 0 Å². The molecule has 16 heavy (non-hydrogen) atoms. The lowest BCUT2D eigenvalue weighted by molar-refractivity contribution is -0.598. The van der Waals surface area contributed by atoms with E-state index >= 15 is 0 Å². The van der Waals surface area contributed by atoms with Crippen molar-refractivity contribution in [2.75, 3.05) is 5.73 Å². The van der Waals surface area contributed by atoms with Crippen LogP contribution in [0.3, 0.4) is 0 Å². The molecule has 0 aliphatic rings. The Labute approximate surface area is 90.8 Å². The molecule has 2 N–H and O–H groups in total. The summed E-state index contributed by atoms with van der Waals surface area (Å²) < 4.78 is 1.83. The Kier molecular flexibility index (Phi) is 1.79. The van der Waals surface area contributed by atoms with Gasteiger partial charge in [0.25, 0.3) is 5.95 Å². The highest BCUT2D eigenvalue weighted by atomic mass is 15.1. The van der Waals surface area contributed by atoms with Crippen molar-refractivity contribution in [3.05, 3.63) is 36.9 Å². The number of hydrogen-bond acceptors (Lipinski definition) is 4. The Morgan fingerprint density at radius 1 is 1.12 bits per heavy atom. The quantitative estimate of drug-likeness (QED) is 0.567. The molecule has 0 radical (unpaired) electrons. The average Bonchev–Trinajstić information content (AvgIpc) is 2.77.